The first-order chi connectivity index (χ1) is 10.3. The van der Waals surface area contributed by atoms with Gasteiger partial charge in [-0.3, -0.25) is 5.10 Å². The number of para-hydroxylation sites is 1. The molecule has 1 aliphatic carbocycles. The molecule has 0 aliphatic heterocycles. The summed E-state index contributed by atoms with van der Waals surface area (Å²) in [5.41, 5.74) is 2.40. The molecule has 21 heavy (non-hydrogen) atoms. The lowest BCUT2D eigenvalue weighted by atomic mass is 9.83. The van der Waals surface area contributed by atoms with Gasteiger partial charge >= 0.3 is 0 Å². The summed E-state index contributed by atoms with van der Waals surface area (Å²) < 4.78 is 0. The lowest BCUT2D eigenvalue weighted by molar-refractivity contribution is 0.0643. The van der Waals surface area contributed by atoms with Gasteiger partial charge in [-0.1, -0.05) is 31.0 Å². The van der Waals surface area contributed by atoms with Crippen molar-refractivity contribution in [2.75, 3.05) is 6.54 Å². The molecule has 114 valence electrons. The van der Waals surface area contributed by atoms with E-state index in [2.05, 4.69) is 33.7 Å². The summed E-state index contributed by atoms with van der Waals surface area (Å²) in [6.45, 7) is 1.88. The lowest BCUT2D eigenvalue weighted by Gasteiger charge is -2.27. The summed E-state index contributed by atoms with van der Waals surface area (Å²) in [4.78, 5) is 0. The first kappa shape index (κ1) is 14.5. The van der Waals surface area contributed by atoms with Crippen LogP contribution in [0.2, 0.25) is 0 Å². The fourth-order valence-corrected chi connectivity index (χ4v) is 3.41. The molecule has 0 amide bonds. The molecule has 0 bridgehead atoms. The predicted molar refractivity (Wildman–Crippen MR) is 85.0 cm³/mol. The second-order valence-corrected chi connectivity index (χ2v) is 6.18. The van der Waals surface area contributed by atoms with Crippen molar-refractivity contribution in [1.29, 1.82) is 0 Å². The maximum absolute atomic E-state index is 9.97. The molecule has 2 atom stereocenters. The van der Waals surface area contributed by atoms with Gasteiger partial charge < -0.3 is 10.4 Å². The molecule has 3 N–H and O–H groups in total. The summed E-state index contributed by atoms with van der Waals surface area (Å²) in [6, 6.07) is 6.29. The van der Waals surface area contributed by atoms with Crippen molar-refractivity contribution in [2.45, 2.75) is 51.2 Å². The third kappa shape index (κ3) is 3.63. The van der Waals surface area contributed by atoms with Gasteiger partial charge in [0.15, 0.2) is 0 Å². The van der Waals surface area contributed by atoms with Crippen molar-refractivity contribution < 1.29 is 5.11 Å². The summed E-state index contributed by atoms with van der Waals surface area (Å²) in [5.74, 6) is 0.525. The first-order valence-electron chi connectivity index (χ1n) is 8.14. The Morgan fingerprint density at radius 1 is 1.29 bits per heavy atom. The number of aliphatic hydroxyl groups is 1. The zero-order valence-corrected chi connectivity index (χ0v) is 12.5. The highest BCUT2D eigenvalue weighted by atomic mass is 16.3. The Kier molecular flexibility index (Phi) is 4.88. The van der Waals surface area contributed by atoms with Crippen LogP contribution in [0.3, 0.4) is 0 Å². The Hall–Kier alpha value is -1.39. The lowest BCUT2D eigenvalue weighted by Crippen LogP contribution is -2.25. The van der Waals surface area contributed by atoms with Gasteiger partial charge in [-0.05, 0) is 43.7 Å². The average Bonchev–Trinajstić information content (AvgIpc) is 2.98. The first-order valence-corrected chi connectivity index (χ1v) is 8.14. The van der Waals surface area contributed by atoms with Gasteiger partial charge in [-0.25, -0.2) is 0 Å². The summed E-state index contributed by atoms with van der Waals surface area (Å²) in [7, 11) is 0. The molecule has 3 rings (SSSR count). The van der Waals surface area contributed by atoms with Crippen molar-refractivity contribution in [1.82, 2.24) is 15.5 Å². The molecule has 1 aliphatic rings. The van der Waals surface area contributed by atoms with E-state index in [4.69, 9.17) is 0 Å². The highest BCUT2D eigenvalue weighted by Crippen LogP contribution is 2.27. The van der Waals surface area contributed by atoms with Gasteiger partial charge in [0, 0.05) is 11.9 Å². The van der Waals surface area contributed by atoms with E-state index in [0.29, 0.717) is 5.92 Å². The third-order valence-electron chi connectivity index (χ3n) is 4.68. The molecule has 1 heterocycles. The minimum absolute atomic E-state index is 0.0579. The molecular weight excluding hydrogens is 262 g/mol. The largest absolute Gasteiger partial charge is 0.393 e. The van der Waals surface area contributed by atoms with E-state index in [9.17, 15) is 5.11 Å². The van der Waals surface area contributed by atoms with Crippen molar-refractivity contribution >= 4 is 10.9 Å². The van der Waals surface area contributed by atoms with Crippen molar-refractivity contribution in [3.05, 3.63) is 30.0 Å². The molecule has 0 saturated heterocycles. The van der Waals surface area contributed by atoms with Crippen LogP contribution >= 0.6 is 0 Å². The number of nitrogens with one attached hydrogen (secondary N) is 2. The number of H-pyrrole nitrogens is 1. The van der Waals surface area contributed by atoms with Gasteiger partial charge in [0.2, 0.25) is 0 Å². The molecular formula is C17H25N3O. The van der Waals surface area contributed by atoms with Crippen molar-refractivity contribution in [3.63, 3.8) is 0 Å². The van der Waals surface area contributed by atoms with E-state index in [1.54, 1.807) is 0 Å². The van der Waals surface area contributed by atoms with Crippen LogP contribution in [0, 0.1) is 5.92 Å². The summed E-state index contributed by atoms with van der Waals surface area (Å²) in [5, 5.41) is 21.8. The zero-order valence-electron chi connectivity index (χ0n) is 12.5. The monoisotopic (exact) mass is 287 g/mol. The highest BCUT2D eigenvalue weighted by molar-refractivity contribution is 5.81. The summed E-state index contributed by atoms with van der Waals surface area (Å²) >= 11 is 0. The van der Waals surface area contributed by atoms with Crippen LogP contribution in [-0.2, 0) is 6.54 Å². The molecule has 0 radical (unpaired) electrons. The smallest absolute Gasteiger partial charge is 0.0695 e. The Morgan fingerprint density at radius 3 is 3.10 bits per heavy atom. The molecule has 1 aromatic carbocycles. The standard InChI is InChI=1S/C17H25N3O/c21-16-9-2-1-5-13(16)8-4-10-18-11-14-6-3-7-15-12-19-20-17(14)15/h3,6-7,12-13,16,18,21H,1-2,4-5,8-11H2,(H,19,20). The molecule has 1 aromatic heterocycles. The Bertz CT molecular complexity index is 566. The number of hydrogen-bond donors (Lipinski definition) is 3. The Balaban J connectivity index is 1.41. The molecule has 4 heteroatoms. The SMILES string of the molecule is OC1CCCCC1CCCNCc1cccc2cn[nH]c12. The zero-order chi connectivity index (χ0) is 14.5. The maximum atomic E-state index is 9.97. The van der Waals surface area contributed by atoms with Crippen LogP contribution in [0.15, 0.2) is 24.4 Å². The molecule has 1 fully saturated rings. The number of rotatable bonds is 6. The molecule has 1 saturated carbocycles. The van der Waals surface area contributed by atoms with Crippen LogP contribution in [-0.4, -0.2) is 28.0 Å². The number of aliphatic hydroxyl groups excluding tert-OH is 1. The quantitative estimate of drug-likeness (QED) is 0.716. The summed E-state index contributed by atoms with van der Waals surface area (Å²) in [6.07, 6.45) is 8.78. The topological polar surface area (TPSA) is 60.9 Å². The molecule has 0 spiro atoms. The van der Waals surface area contributed by atoms with Crippen molar-refractivity contribution in [3.8, 4) is 0 Å². The van der Waals surface area contributed by atoms with Gasteiger partial charge in [-0.2, -0.15) is 5.10 Å². The minimum atomic E-state index is -0.0579. The molecule has 2 aromatic rings. The number of benzene rings is 1. The predicted octanol–water partition coefficient (Wildman–Crippen LogP) is 2.98. The van der Waals surface area contributed by atoms with Crippen molar-refractivity contribution in [2.24, 2.45) is 5.92 Å². The molecule has 4 nitrogen and oxygen atoms in total. The second kappa shape index (κ2) is 7.05. The van der Waals surface area contributed by atoms with E-state index in [-0.39, 0.29) is 6.10 Å². The fourth-order valence-electron chi connectivity index (χ4n) is 3.41. The number of nitrogens with zero attached hydrogens (tertiary/aromatic N) is 1. The van der Waals surface area contributed by atoms with Crippen LogP contribution in [0.4, 0.5) is 0 Å². The fraction of sp³-hybridized carbons (Fsp3) is 0.588. The van der Waals surface area contributed by atoms with Gasteiger partial charge in [0.05, 0.1) is 17.8 Å². The van der Waals surface area contributed by atoms with Crippen LogP contribution in [0.25, 0.3) is 10.9 Å². The van der Waals surface area contributed by atoms with Gasteiger partial charge in [0.1, 0.15) is 0 Å². The number of hydrogen-bond acceptors (Lipinski definition) is 3. The average molecular weight is 287 g/mol. The number of fused-ring (bicyclic) bond motifs is 1. The second-order valence-electron chi connectivity index (χ2n) is 6.18. The van der Waals surface area contributed by atoms with Crippen LogP contribution < -0.4 is 5.32 Å². The Labute approximate surface area is 125 Å². The van der Waals surface area contributed by atoms with E-state index in [0.717, 1.165) is 37.9 Å². The van der Waals surface area contributed by atoms with E-state index < -0.39 is 0 Å². The van der Waals surface area contributed by atoms with Gasteiger partial charge in [-0.15, -0.1) is 0 Å². The van der Waals surface area contributed by atoms with E-state index in [1.807, 2.05) is 6.20 Å². The maximum Gasteiger partial charge on any atom is 0.0695 e. The Morgan fingerprint density at radius 2 is 2.19 bits per heavy atom. The number of aromatic nitrogens is 2. The minimum Gasteiger partial charge on any atom is -0.393 e. The normalized spacial score (nSPS) is 22.7. The third-order valence-corrected chi connectivity index (χ3v) is 4.68. The van der Waals surface area contributed by atoms with E-state index in [1.165, 1.54) is 30.2 Å². The van der Waals surface area contributed by atoms with E-state index >= 15 is 0 Å². The van der Waals surface area contributed by atoms with Gasteiger partial charge in [0.25, 0.3) is 0 Å². The molecule has 2 unspecified atom stereocenters. The van der Waals surface area contributed by atoms with Crippen LogP contribution in [0.5, 0.6) is 0 Å². The highest BCUT2D eigenvalue weighted by Gasteiger charge is 2.21. The number of aromatic amines is 1. The van der Waals surface area contributed by atoms with Crippen LogP contribution in [0.1, 0.15) is 44.1 Å².